The van der Waals surface area contributed by atoms with Crippen molar-refractivity contribution in [3.05, 3.63) is 28.8 Å². The molecule has 0 atom stereocenters. The second-order valence-electron chi connectivity index (χ2n) is 2.72. The van der Waals surface area contributed by atoms with Crippen molar-refractivity contribution in [3.63, 3.8) is 0 Å². The molecule has 0 N–H and O–H groups in total. The molecule has 70 valence electrons. The first kappa shape index (κ1) is 10.2. The average Bonchev–Trinajstić information content (AvgIpc) is 2.53. The van der Waals surface area contributed by atoms with Crippen molar-refractivity contribution in [3.8, 4) is 0 Å². The molecule has 2 heteroatoms. The van der Waals surface area contributed by atoms with Crippen LogP contribution in [0.4, 0.5) is 0 Å². The third-order valence-electron chi connectivity index (χ3n) is 1.83. The van der Waals surface area contributed by atoms with Gasteiger partial charge in [-0.3, -0.25) is 4.98 Å². The highest BCUT2D eigenvalue weighted by Crippen LogP contribution is 2.25. The summed E-state index contributed by atoms with van der Waals surface area (Å²) in [6.45, 7) is 8.23. The lowest BCUT2D eigenvalue weighted by Crippen LogP contribution is -1.77. The molecule has 0 bridgehead atoms. The summed E-state index contributed by atoms with van der Waals surface area (Å²) >= 11 is 1.78. The van der Waals surface area contributed by atoms with E-state index in [4.69, 9.17) is 0 Å². The molecule has 0 fully saturated rings. The van der Waals surface area contributed by atoms with Crippen LogP contribution in [0.3, 0.4) is 0 Å². The zero-order chi connectivity index (χ0) is 9.84. The van der Waals surface area contributed by atoms with Gasteiger partial charge in [0.1, 0.15) is 0 Å². The third-order valence-corrected chi connectivity index (χ3v) is 3.05. The Morgan fingerprint density at radius 2 is 1.85 bits per heavy atom. The van der Waals surface area contributed by atoms with Gasteiger partial charge in [-0.05, 0) is 36.4 Å². The van der Waals surface area contributed by atoms with Gasteiger partial charge in [-0.15, -0.1) is 11.3 Å². The number of hydrogen-bond donors (Lipinski definition) is 0. The van der Waals surface area contributed by atoms with Gasteiger partial charge >= 0.3 is 0 Å². The van der Waals surface area contributed by atoms with Gasteiger partial charge in [0.25, 0.3) is 0 Å². The molecule has 0 amide bonds. The van der Waals surface area contributed by atoms with Crippen molar-refractivity contribution in [2.24, 2.45) is 0 Å². The standard InChI is InChI=1S/C9H9NS.C2H6/c1-6-3-4-10-8-7(2)5-11-9(6)8;1-2/h3-5H,1-2H3;1-2H3. The van der Waals surface area contributed by atoms with Crippen LogP contribution in [-0.4, -0.2) is 4.98 Å². The first-order valence-electron chi connectivity index (χ1n) is 4.58. The fraction of sp³-hybridized carbons (Fsp3) is 0.364. The second-order valence-corrected chi connectivity index (χ2v) is 3.60. The molecule has 0 aliphatic carbocycles. The van der Waals surface area contributed by atoms with E-state index >= 15 is 0 Å². The molecule has 0 radical (unpaired) electrons. The lowest BCUT2D eigenvalue weighted by molar-refractivity contribution is 1.36. The van der Waals surface area contributed by atoms with Crippen LogP contribution >= 0.6 is 11.3 Å². The van der Waals surface area contributed by atoms with Crippen molar-refractivity contribution in [1.29, 1.82) is 0 Å². The summed E-state index contributed by atoms with van der Waals surface area (Å²) in [5.41, 5.74) is 3.77. The highest BCUT2D eigenvalue weighted by atomic mass is 32.1. The molecule has 0 aromatic carbocycles. The molecular weight excluding hydrogens is 178 g/mol. The molecule has 2 rings (SSSR count). The first-order valence-corrected chi connectivity index (χ1v) is 5.46. The summed E-state index contributed by atoms with van der Waals surface area (Å²) in [7, 11) is 0. The highest BCUT2D eigenvalue weighted by molar-refractivity contribution is 7.17. The van der Waals surface area contributed by atoms with Gasteiger partial charge in [-0.25, -0.2) is 0 Å². The Hall–Kier alpha value is -0.890. The van der Waals surface area contributed by atoms with Gasteiger partial charge in [0.15, 0.2) is 0 Å². The molecule has 0 aliphatic rings. The zero-order valence-electron chi connectivity index (χ0n) is 8.59. The smallest absolute Gasteiger partial charge is 0.0841 e. The molecule has 0 saturated carbocycles. The zero-order valence-corrected chi connectivity index (χ0v) is 9.40. The molecule has 0 aliphatic heterocycles. The quantitative estimate of drug-likeness (QED) is 0.617. The molecule has 2 aromatic rings. The number of fused-ring (bicyclic) bond motifs is 1. The fourth-order valence-electron chi connectivity index (χ4n) is 1.18. The van der Waals surface area contributed by atoms with E-state index in [2.05, 4.69) is 30.3 Å². The van der Waals surface area contributed by atoms with Gasteiger partial charge in [0.2, 0.25) is 0 Å². The number of rotatable bonds is 0. The molecule has 13 heavy (non-hydrogen) atoms. The average molecular weight is 193 g/mol. The van der Waals surface area contributed by atoms with E-state index in [1.165, 1.54) is 15.8 Å². The monoisotopic (exact) mass is 193 g/mol. The van der Waals surface area contributed by atoms with E-state index < -0.39 is 0 Å². The fourth-order valence-corrected chi connectivity index (χ4v) is 2.16. The Balaban J connectivity index is 0.000000396. The molecule has 2 aromatic heterocycles. The normalized spacial score (nSPS) is 9.54. The minimum atomic E-state index is 1.16. The van der Waals surface area contributed by atoms with Crippen molar-refractivity contribution in [2.75, 3.05) is 0 Å². The van der Waals surface area contributed by atoms with Gasteiger partial charge in [-0.1, -0.05) is 13.8 Å². The van der Waals surface area contributed by atoms with E-state index in [0.29, 0.717) is 0 Å². The Labute approximate surface area is 83.4 Å². The third kappa shape index (κ3) is 1.89. The van der Waals surface area contributed by atoms with Crippen molar-refractivity contribution < 1.29 is 0 Å². The van der Waals surface area contributed by atoms with Crippen molar-refractivity contribution in [1.82, 2.24) is 4.98 Å². The van der Waals surface area contributed by atoms with E-state index in [1.807, 2.05) is 20.0 Å². The maximum Gasteiger partial charge on any atom is 0.0841 e. The van der Waals surface area contributed by atoms with Crippen LogP contribution in [0, 0.1) is 13.8 Å². The van der Waals surface area contributed by atoms with Crippen LogP contribution in [-0.2, 0) is 0 Å². The molecule has 0 spiro atoms. The van der Waals surface area contributed by atoms with Crippen LogP contribution in [0.2, 0.25) is 0 Å². The Morgan fingerprint density at radius 1 is 1.15 bits per heavy atom. The number of aryl methyl sites for hydroxylation is 2. The Kier molecular flexibility index (Phi) is 3.43. The van der Waals surface area contributed by atoms with Gasteiger partial charge < -0.3 is 0 Å². The SMILES string of the molecule is CC.Cc1csc2c(C)ccnc12. The number of thiophene rings is 1. The largest absolute Gasteiger partial charge is 0.255 e. The summed E-state index contributed by atoms with van der Waals surface area (Å²) in [6.07, 6.45) is 1.87. The van der Waals surface area contributed by atoms with Crippen LogP contribution in [0.1, 0.15) is 25.0 Å². The highest BCUT2D eigenvalue weighted by Gasteiger charge is 2.01. The maximum atomic E-state index is 4.31. The van der Waals surface area contributed by atoms with E-state index in [1.54, 1.807) is 11.3 Å². The number of pyridine rings is 1. The molecule has 0 unspecified atom stereocenters. The Morgan fingerprint density at radius 3 is 2.46 bits per heavy atom. The Bertz CT molecular complexity index is 390. The molecule has 1 nitrogen and oxygen atoms in total. The van der Waals surface area contributed by atoms with Crippen LogP contribution in [0.5, 0.6) is 0 Å². The predicted molar refractivity (Wildman–Crippen MR) is 60.4 cm³/mol. The number of hydrogen-bond acceptors (Lipinski definition) is 2. The van der Waals surface area contributed by atoms with Gasteiger partial charge in [0.05, 0.1) is 10.2 Å². The minimum absolute atomic E-state index is 1.16. The lowest BCUT2D eigenvalue weighted by atomic mass is 10.2. The van der Waals surface area contributed by atoms with Crippen LogP contribution < -0.4 is 0 Å². The van der Waals surface area contributed by atoms with Crippen LogP contribution in [0.15, 0.2) is 17.6 Å². The summed E-state index contributed by atoms with van der Waals surface area (Å²) < 4.78 is 1.32. The first-order chi connectivity index (χ1) is 6.29. The van der Waals surface area contributed by atoms with E-state index in [-0.39, 0.29) is 0 Å². The molecule has 2 heterocycles. The van der Waals surface area contributed by atoms with E-state index in [0.717, 1.165) is 5.52 Å². The maximum absolute atomic E-state index is 4.31. The van der Waals surface area contributed by atoms with Crippen molar-refractivity contribution in [2.45, 2.75) is 27.7 Å². The van der Waals surface area contributed by atoms with Crippen molar-refractivity contribution >= 4 is 21.6 Å². The van der Waals surface area contributed by atoms with Crippen LogP contribution in [0.25, 0.3) is 10.2 Å². The summed E-state index contributed by atoms with van der Waals surface area (Å²) in [4.78, 5) is 4.31. The summed E-state index contributed by atoms with van der Waals surface area (Å²) in [5.74, 6) is 0. The summed E-state index contributed by atoms with van der Waals surface area (Å²) in [5, 5.41) is 2.16. The van der Waals surface area contributed by atoms with E-state index in [9.17, 15) is 0 Å². The predicted octanol–water partition coefficient (Wildman–Crippen LogP) is 3.94. The number of nitrogens with zero attached hydrogens (tertiary/aromatic N) is 1. The second kappa shape index (κ2) is 4.38. The number of aromatic nitrogens is 1. The lowest BCUT2D eigenvalue weighted by Gasteiger charge is -1.92. The topological polar surface area (TPSA) is 12.9 Å². The molecule has 0 saturated heterocycles. The minimum Gasteiger partial charge on any atom is -0.255 e. The summed E-state index contributed by atoms with van der Waals surface area (Å²) in [6, 6.07) is 2.05. The molecular formula is C11H15NS. The van der Waals surface area contributed by atoms with Gasteiger partial charge in [0, 0.05) is 6.20 Å². The van der Waals surface area contributed by atoms with Gasteiger partial charge in [-0.2, -0.15) is 0 Å².